The SMILES string of the molecule is Nc1ncnc2c(C3CCOCC3)cc(Cl)nc12. The second-order valence-corrected chi connectivity index (χ2v) is 4.76. The molecule has 0 aliphatic carbocycles. The molecule has 2 aromatic rings. The minimum absolute atomic E-state index is 0.371. The van der Waals surface area contributed by atoms with Crippen molar-refractivity contribution in [1.82, 2.24) is 15.0 Å². The first-order valence-corrected chi connectivity index (χ1v) is 6.28. The maximum absolute atomic E-state index is 6.06. The smallest absolute Gasteiger partial charge is 0.153 e. The average Bonchev–Trinajstić information content (AvgIpc) is 2.40. The highest BCUT2D eigenvalue weighted by molar-refractivity contribution is 6.30. The third-order valence-electron chi connectivity index (χ3n) is 3.28. The quantitative estimate of drug-likeness (QED) is 0.799. The Morgan fingerprint density at radius 2 is 2.00 bits per heavy atom. The van der Waals surface area contributed by atoms with Gasteiger partial charge < -0.3 is 10.5 Å². The van der Waals surface area contributed by atoms with Gasteiger partial charge in [0, 0.05) is 13.2 Å². The van der Waals surface area contributed by atoms with Crippen LogP contribution in [-0.4, -0.2) is 28.2 Å². The molecule has 0 spiro atoms. The standard InChI is InChI=1S/C12H13ClN4O/c13-9-5-8(7-1-3-18-4-2-7)10-11(17-9)12(14)16-6-15-10/h5-7H,1-4H2,(H2,14,15,16). The molecule has 0 aromatic carbocycles. The lowest BCUT2D eigenvalue weighted by atomic mass is 9.91. The van der Waals surface area contributed by atoms with Gasteiger partial charge in [0.05, 0.1) is 5.52 Å². The first kappa shape index (κ1) is 11.6. The van der Waals surface area contributed by atoms with Gasteiger partial charge in [0.15, 0.2) is 5.82 Å². The number of halogens is 1. The first-order chi connectivity index (χ1) is 8.75. The summed E-state index contributed by atoms with van der Waals surface area (Å²) >= 11 is 6.06. The number of hydrogen-bond donors (Lipinski definition) is 1. The zero-order chi connectivity index (χ0) is 12.5. The molecule has 2 aromatic heterocycles. The Labute approximate surface area is 109 Å². The van der Waals surface area contributed by atoms with Crippen LogP contribution in [0.25, 0.3) is 11.0 Å². The summed E-state index contributed by atoms with van der Waals surface area (Å²) in [5.41, 5.74) is 8.32. The molecule has 0 atom stereocenters. The van der Waals surface area contributed by atoms with Crippen molar-refractivity contribution in [1.29, 1.82) is 0 Å². The van der Waals surface area contributed by atoms with E-state index < -0.39 is 0 Å². The van der Waals surface area contributed by atoms with Crippen LogP contribution in [0.3, 0.4) is 0 Å². The zero-order valence-electron chi connectivity index (χ0n) is 9.77. The topological polar surface area (TPSA) is 73.9 Å². The summed E-state index contributed by atoms with van der Waals surface area (Å²) < 4.78 is 5.38. The predicted octanol–water partition coefficient (Wildman–Crippen LogP) is 2.15. The summed E-state index contributed by atoms with van der Waals surface area (Å²) in [6.45, 7) is 1.54. The Morgan fingerprint density at radius 1 is 1.22 bits per heavy atom. The molecule has 1 aliphatic heterocycles. The third kappa shape index (κ3) is 2.00. The number of pyridine rings is 1. The summed E-state index contributed by atoms with van der Waals surface area (Å²) in [5, 5.41) is 0.436. The van der Waals surface area contributed by atoms with E-state index in [2.05, 4.69) is 15.0 Å². The second-order valence-electron chi connectivity index (χ2n) is 4.38. The lowest BCUT2D eigenvalue weighted by Crippen LogP contribution is -2.15. The number of rotatable bonds is 1. The summed E-state index contributed by atoms with van der Waals surface area (Å²) in [6.07, 6.45) is 3.41. The Morgan fingerprint density at radius 3 is 2.78 bits per heavy atom. The molecule has 6 heteroatoms. The average molecular weight is 265 g/mol. The van der Waals surface area contributed by atoms with Crippen molar-refractivity contribution >= 4 is 28.5 Å². The van der Waals surface area contributed by atoms with Crippen molar-refractivity contribution < 1.29 is 4.74 Å². The van der Waals surface area contributed by atoms with E-state index in [4.69, 9.17) is 22.1 Å². The zero-order valence-corrected chi connectivity index (χ0v) is 10.5. The van der Waals surface area contributed by atoms with E-state index in [1.807, 2.05) is 6.07 Å². The third-order valence-corrected chi connectivity index (χ3v) is 3.47. The monoisotopic (exact) mass is 264 g/mol. The van der Waals surface area contributed by atoms with Crippen LogP contribution in [0.2, 0.25) is 5.15 Å². The van der Waals surface area contributed by atoms with Crippen molar-refractivity contribution in [2.45, 2.75) is 18.8 Å². The highest BCUT2D eigenvalue weighted by atomic mass is 35.5. The van der Waals surface area contributed by atoms with Gasteiger partial charge >= 0.3 is 0 Å². The molecule has 5 nitrogen and oxygen atoms in total. The molecule has 0 amide bonds. The second kappa shape index (κ2) is 4.66. The van der Waals surface area contributed by atoms with Crippen LogP contribution in [0.5, 0.6) is 0 Å². The first-order valence-electron chi connectivity index (χ1n) is 5.90. The Hall–Kier alpha value is -1.46. The molecule has 0 bridgehead atoms. The number of nitrogen functional groups attached to an aromatic ring is 1. The van der Waals surface area contributed by atoms with E-state index in [-0.39, 0.29) is 0 Å². The molecule has 2 N–H and O–H groups in total. The molecule has 1 fully saturated rings. The van der Waals surface area contributed by atoms with Crippen LogP contribution >= 0.6 is 11.6 Å². The van der Waals surface area contributed by atoms with Crippen molar-refractivity contribution in [2.75, 3.05) is 18.9 Å². The van der Waals surface area contributed by atoms with Gasteiger partial charge in [0.1, 0.15) is 17.0 Å². The normalized spacial score (nSPS) is 17.2. The van der Waals surface area contributed by atoms with Gasteiger partial charge in [0.2, 0.25) is 0 Å². The Bertz CT molecular complexity index is 584. The van der Waals surface area contributed by atoms with Crippen LogP contribution in [0.1, 0.15) is 24.3 Å². The van der Waals surface area contributed by atoms with Crippen LogP contribution in [0.4, 0.5) is 5.82 Å². The van der Waals surface area contributed by atoms with E-state index in [0.717, 1.165) is 37.1 Å². The van der Waals surface area contributed by atoms with Crippen molar-refractivity contribution in [3.05, 3.63) is 23.1 Å². The fraction of sp³-hybridized carbons (Fsp3) is 0.417. The fourth-order valence-electron chi connectivity index (χ4n) is 2.37. The summed E-state index contributed by atoms with van der Waals surface area (Å²) in [4.78, 5) is 12.5. The van der Waals surface area contributed by atoms with Crippen molar-refractivity contribution in [3.63, 3.8) is 0 Å². The highest BCUT2D eigenvalue weighted by Gasteiger charge is 2.20. The lowest BCUT2D eigenvalue weighted by Gasteiger charge is -2.23. The molecule has 3 heterocycles. The number of nitrogens with two attached hydrogens (primary N) is 1. The fourth-order valence-corrected chi connectivity index (χ4v) is 2.57. The maximum Gasteiger partial charge on any atom is 0.153 e. The highest BCUT2D eigenvalue weighted by Crippen LogP contribution is 2.33. The minimum Gasteiger partial charge on any atom is -0.382 e. The molecule has 18 heavy (non-hydrogen) atoms. The van der Waals surface area contributed by atoms with Gasteiger partial charge in [-0.05, 0) is 30.4 Å². The van der Waals surface area contributed by atoms with E-state index in [1.54, 1.807) is 0 Å². The van der Waals surface area contributed by atoms with Gasteiger partial charge in [-0.1, -0.05) is 11.6 Å². The number of nitrogens with zero attached hydrogens (tertiary/aromatic N) is 3. The van der Waals surface area contributed by atoms with E-state index in [9.17, 15) is 0 Å². The number of ether oxygens (including phenoxy) is 1. The molecule has 94 valence electrons. The van der Waals surface area contributed by atoms with E-state index in [0.29, 0.717) is 22.4 Å². The maximum atomic E-state index is 6.06. The number of anilines is 1. The molecular weight excluding hydrogens is 252 g/mol. The summed E-state index contributed by atoms with van der Waals surface area (Å²) in [5.74, 6) is 0.770. The van der Waals surface area contributed by atoms with E-state index in [1.165, 1.54) is 6.33 Å². The lowest BCUT2D eigenvalue weighted by molar-refractivity contribution is 0.0855. The minimum atomic E-state index is 0.371. The number of aromatic nitrogens is 3. The van der Waals surface area contributed by atoms with Crippen LogP contribution in [0, 0.1) is 0 Å². The van der Waals surface area contributed by atoms with Gasteiger partial charge in [-0.2, -0.15) is 0 Å². The molecular formula is C12H13ClN4O. The molecule has 3 rings (SSSR count). The molecule has 0 unspecified atom stereocenters. The Kier molecular flexibility index (Phi) is 3.01. The summed E-state index contributed by atoms with van der Waals surface area (Å²) in [7, 11) is 0. The van der Waals surface area contributed by atoms with Crippen LogP contribution in [-0.2, 0) is 4.74 Å². The largest absolute Gasteiger partial charge is 0.382 e. The van der Waals surface area contributed by atoms with Crippen molar-refractivity contribution in [3.8, 4) is 0 Å². The molecule has 1 aliphatic rings. The predicted molar refractivity (Wildman–Crippen MR) is 69.5 cm³/mol. The molecule has 0 radical (unpaired) electrons. The summed E-state index contributed by atoms with van der Waals surface area (Å²) in [6, 6.07) is 1.88. The van der Waals surface area contributed by atoms with Gasteiger partial charge in [0.25, 0.3) is 0 Å². The van der Waals surface area contributed by atoms with Gasteiger partial charge in [-0.15, -0.1) is 0 Å². The molecule has 0 saturated carbocycles. The van der Waals surface area contributed by atoms with Gasteiger partial charge in [-0.3, -0.25) is 0 Å². The molecule has 1 saturated heterocycles. The van der Waals surface area contributed by atoms with E-state index >= 15 is 0 Å². The van der Waals surface area contributed by atoms with Crippen molar-refractivity contribution in [2.24, 2.45) is 0 Å². The Balaban J connectivity index is 2.18. The van der Waals surface area contributed by atoms with Gasteiger partial charge in [-0.25, -0.2) is 15.0 Å². The number of fused-ring (bicyclic) bond motifs is 1. The van der Waals surface area contributed by atoms with Crippen LogP contribution < -0.4 is 5.73 Å². The number of hydrogen-bond acceptors (Lipinski definition) is 5. The van der Waals surface area contributed by atoms with Crippen LogP contribution in [0.15, 0.2) is 12.4 Å².